The van der Waals surface area contributed by atoms with Gasteiger partial charge in [-0.05, 0) is 45.0 Å². The first-order valence-corrected chi connectivity index (χ1v) is 7.72. The zero-order valence-corrected chi connectivity index (χ0v) is 14.5. The van der Waals surface area contributed by atoms with Crippen LogP contribution in [0.5, 0.6) is 0 Å². The van der Waals surface area contributed by atoms with Gasteiger partial charge < -0.3 is 10.6 Å². The fourth-order valence-corrected chi connectivity index (χ4v) is 2.77. The Morgan fingerprint density at radius 3 is 2.71 bits per heavy atom. The van der Waals surface area contributed by atoms with E-state index in [0.717, 1.165) is 9.86 Å². The van der Waals surface area contributed by atoms with Crippen LogP contribution >= 0.6 is 27.5 Å². The van der Waals surface area contributed by atoms with Gasteiger partial charge in [0.2, 0.25) is 5.91 Å². The molecular formula is C15H17BrClN3O. The smallest absolute Gasteiger partial charge is 0.239 e. The fraction of sp³-hybridized carbons (Fsp3) is 0.333. The van der Waals surface area contributed by atoms with E-state index in [1.165, 1.54) is 0 Å². The zero-order chi connectivity index (χ0) is 15.6. The monoisotopic (exact) mass is 369 g/mol. The van der Waals surface area contributed by atoms with Gasteiger partial charge in [-0.1, -0.05) is 27.5 Å². The van der Waals surface area contributed by atoms with Crippen LogP contribution in [0.3, 0.4) is 0 Å². The Morgan fingerprint density at radius 2 is 2.05 bits per heavy atom. The van der Waals surface area contributed by atoms with Crippen LogP contribution in [0.1, 0.15) is 20.8 Å². The minimum absolute atomic E-state index is 0.0775. The van der Waals surface area contributed by atoms with Crippen molar-refractivity contribution in [3.05, 3.63) is 33.8 Å². The third-order valence-corrected chi connectivity index (χ3v) is 3.40. The van der Waals surface area contributed by atoms with Crippen molar-refractivity contribution in [1.82, 2.24) is 10.3 Å². The van der Waals surface area contributed by atoms with Crippen LogP contribution in [-0.4, -0.2) is 23.0 Å². The molecule has 0 fully saturated rings. The van der Waals surface area contributed by atoms with Gasteiger partial charge in [0, 0.05) is 15.4 Å². The number of aromatic nitrogens is 1. The molecule has 0 aliphatic heterocycles. The van der Waals surface area contributed by atoms with E-state index < -0.39 is 0 Å². The summed E-state index contributed by atoms with van der Waals surface area (Å²) < 4.78 is 0.909. The third-order valence-electron chi connectivity index (χ3n) is 2.66. The minimum atomic E-state index is -0.245. The SMILES string of the molecule is CC(C)(C)NC(=O)CNc1ccc2cc(Br)cc(Cl)c2n1. The van der Waals surface area contributed by atoms with Gasteiger partial charge in [-0.25, -0.2) is 4.98 Å². The molecule has 0 unspecified atom stereocenters. The minimum Gasteiger partial charge on any atom is -0.361 e. The first-order chi connectivity index (χ1) is 9.74. The number of carbonyl (C=O) groups excluding carboxylic acids is 1. The van der Waals surface area contributed by atoms with E-state index in [4.69, 9.17) is 11.6 Å². The summed E-state index contributed by atoms with van der Waals surface area (Å²) in [5.74, 6) is 0.544. The van der Waals surface area contributed by atoms with E-state index >= 15 is 0 Å². The van der Waals surface area contributed by atoms with E-state index in [2.05, 4.69) is 31.5 Å². The van der Waals surface area contributed by atoms with Crippen LogP contribution in [0, 0.1) is 0 Å². The summed E-state index contributed by atoms with van der Waals surface area (Å²) in [4.78, 5) is 16.2. The molecular weight excluding hydrogens is 354 g/mol. The van der Waals surface area contributed by atoms with Crippen LogP contribution in [0.2, 0.25) is 5.02 Å². The van der Waals surface area contributed by atoms with Crippen LogP contribution < -0.4 is 10.6 Å². The summed E-state index contributed by atoms with van der Waals surface area (Å²) in [6, 6.07) is 7.50. The number of fused-ring (bicyclic) bond motifs is 1. The van der Waals surface area contributed by atoms with Crippen molar-refractivity contribution in [2.24, 2.45) is 0 Å². The number of amides is 1. The molecule has 0 radical (unpaired) electrons. The molecule has 2 aromatic rings. The number of halogens is 2. The lowest BCUT2D eigenvalue weighted by Crippen LogP contribution is -2.43. The van der Waals surface area contributed by atoms with Gasteiger partial charge in [0.25, 0.3) is 0 Å². The van der Waals surface area contributed by atoms with E-state index in [1.54, 1.807) is 6.07 Å². The Kier molecular flexibility index (Phi) is 4.74. The Balaban J connectivity index is 2.12. The van der Waals surface area contributed by atoms with Crippen molar-refractivity contribution < 1.29 is 4.79 Å². The first kappa shape index (κ1) is 16.0. The van der Waals surface area contributed by atoms with Gasteiger partial charge in [-0.15, -0.1) is 0 Å². The summed E-state index contributed by atoms with van der Waals surface area (Å²) in [6.07, 6.45) is 0. The maximum atomic E-state index is 11.8. The predicted molar refractivity (Wildman–Crippen MR) is 90.8 cm³/mol. The van der Waals surface area contributed by atoms with Crippen LogP contribution in [0.25, 0.3) is 10.9 Å². The molecule has 4 nitrogen and oxygen atoms in total. The highest BCUT2D eigenvalue weighted by atomic mass is 79.9. The predicted octanol–water partition coefficient (Wildman–Crippen LogP) is 3.98. The summed E-state index contributed by atoms with van der Waals surface area (Å²) in [5.41, 5.74) is 0.464. The lowest BCUT2D eigenvalue weighted by atomic mass is 10.1. The summed E-state index contributed by atoms with van der Waals surface area (Å²) in [5, 5.41) is 7.41. The van der Waals surface area contributed by atoms with Crippen molar-refractivity contribution in [3.63, 3.8) is 0 Å². The van der Waals surface area contributed by atoms with Crippen molar-refractivity contribution >= 4 is 50.2 Å². The third kappa shape index (κ3) is 4.58. The van der Waals surface area contributed by atoms with E-state index in [0.29, 0.717) is 16.4 Å². The summed E-state index contributed by atoms with van der Waals surface area (Å²) in [7, 11) is 0. The molecule has 0 aliphatic carbocycles. The maximum Gasteiger partial charge on any atom is 0.239 e. The van der Waals surface area contributed by atoms with Crippen LogP contribution in [-0.2, 0) is 4.79 Å². The average molecular weight is 371 g/mol. The molecule has 112 valence electrons. The highest BCUT2D eigenvalue weighted by molar-refractivity contribution is 9.10. The molecule has 2 rings (SSSR count). The van der Waals surface area contributed by atoms with Crippen molar-refractivity contribution in [2.75, 3.05) is 11.9 Å². The number of rotatable bonds is 3. The zero-order valence-electron chi connectivity index (χ0n) is 12.1. The second-order valence-corrected chi connectivity index (χ2v) is 7.13. The quantitative estimate of drug-likeness (QED) is 0.859. The lowest BCUT2D eigenvalue weighted by Gasteiger charge is -2.20. The number of carbonyl (C=O) groups is 1. The van der Waals surface area contributed by atoms with Gasteiger partial charge in [-0.3, -0.25) is 4.79 Å². The van der Waals surface area contributed by atoms with E-state index in [-0.39, 0.29) is 18.0 Å². The number of anilines is 1. The maximum absolute atomic E-state index is 11.8. The van der Waals surface area contributed by atoms with E-state index in [9.17, 15) is 4.79 Å². The van der Waals surface area contributed by atoms with Gasteiger partial charge in [-0.2, -0.15) is 0 Å². The number of benzene rings is 1. The molecule has 6 heteroatoms. The van der Waals surface area contributed by atoms with Crippen molar-refractivity contribution in [1.29, 1.82) is 0 Å². The Labute approximate surface area is 137 Å². The molecule has 2 N–H and O–H groups in total. The second kappa shape index (κ2) is 6.20. The first-order valence-electron chi connectivity index (χ1n) is 6.55. The Bertz CT molecular complexity index is 682. The normalized spacial score (nSPS) is 11.5. The highest BCUT2D eigenvalue weighted by Crippen LogP contribution is 2.27. The van der Waals surface area contributed by atoms with Gasteiger partial charge in [0.1, 0.15) is 5.82 Å². The highest BCUT2D eigenvalue weighted by Gasteiger charge is 2.13. The van der Waals surface area contributed by atoms with E-state index in [1.807, 2.05) is 39.0 Å². The standard InChI is InChI=1S/C15H17BrClN3O/c1-15(2,3)20-13(21)8-18-12-5-4-9-6-10(16)7-11(17)14(9)19-12/h4-7H,8H2,1-3H3,(H,18,19)(H,20,21). The van der Waals surface area contributed by atoms with Crippen LogP contribution in [0.15, 0.2) is 28.7 Å². The molecule has 0 spiro atoms. The topological polar surface area (TPSA) is 54.0 Å². The molecule has 0 atom stereocenters. The molecule has 1 aromatic heterocycles. The van der Waals surface area contributed by atoms with Crippen molar-refractivity contribution in [2.45, 2.75) is 26.3 Å². The number of nitrogens with one attached hydrogen (secondary N) is 2. The molecule has 1 aromatic carbocycles. The Morgan fingerprint density at radius 1 is 1.33 bits per heavy atom. The Hall–Kier alpha value is -1.33. The van der Waals surface area contributed by atoms with Gasteiger partial charge in [0.05, 0.1) is 17.1 Å². The van der Waals surface area contributed by atoms with Crippen LogP contribution in [0.4, 0.5) is 5.82 Å². The molecule has 0 aliphatic rings. The second-order valence-electron chi connectivity index (χ2n) is 5.81. The largest absolute Gasteiger partial charge is 0.361 e. The van der Waals surface area contributed by atoms with Gasteiger partial charge >= 0.3 is 0 Å². The number of pyridine rings is 1. The number of nitrogens with zero attached hydrogens (tertiary/aromatic N) is 1. The molecule has 0 bridgehead atoms. The molecule has 21 heavy (non-hydrogen) atoms. The average Bonchev–Trinajstić information content (AvgIpc) is 2.34. The van der Waals surface area contributed by atoms with Crippen molar-refractivity contribution in [3.8, 4) is 0 Å². The molecule has 0 saturated carbocycles. The lowest BCUT2D eigenvalue weighted by molar-refractivity contribution is -0.120. The molecule has 1 amide bonds. The summed E-state index contributed by atoms with van der Waals surface area (Å²) >= 11 is 9.58. The summed E-state index contributed by atoms with van der Waals surface area (Å²) in [6.45, 7) is 5.99. The number of hydrogen-bond acceptors (Lipinski definition) is 3. The molecule has 1 heterocycles. The molecule has 0 saturated heterocycles. The fourth-order valence-electron chi connectivity index (χ4n) is 1.89. The van der Waals surface area contributed by atoms with Gasteiger partial charge in [0.15, 0.2) is 0 Å². The number of hydrogen-bond donors (Lipinski definition) is 2.